The summed E-state index contributed by atoms with van der Waals surface area (Å²) in [6.45, 7) is 3.78. The maximum absolute atomic E-state index is 13.2. The fourth-order valence-corrected chi connectivity index (χ4v) is 1.79. The van der Waals surface area contributed by atoms with Gasteiger partial charge in [0.05, 0.1) is 4.92 Å². The maximum Gasteiger partial charge on any atom is 0.353 e. The monoisotopic (exact) mass is 323 g/mol. The molecule has 1 aromatic heterocycles. The fraction of sp³-hybridized carbons (Fsp3) is 0.286. The highest BCUT2D eigenvalue weighted by Gasteiger charge is 2.24. The van der Waals surface area contributed by atoms with E-state index in [0.29, 0.717) is 0 Å². The summed E-state index contributed by atoms with van der Waals surface area (Å²) in [5.74, 6) is -2.12. The molecule has 0 bridgehead atoms. The molecule has 0 aliphatic rings. The van der Waals surface area contributed by atoms with Crippen LogP contribution in [0.25, 0.3) is 0 Å². The summed E-state index contributed by atoms with van der Waals surface area (Å²) in [7, 11) is 0. The Bertz CT molecular complexity index is 726. The van der Waals surface area contributed by atoms with Gasteiger partial charge in [-0.05, 0) is 25.5 Å². The molecule has 122 valence electrons. The zero-order chi connectivity index (χ0) is 17.0. The molecule has 7 nitrogen and oxygen atoms in total. The van der Waals surface area contributed by atoms with Gasteiger partial charge in [0.15, 0.2) is 11.6 Å². The van der Waals surface area contributed by atoms with E-state index in [1.54, 1.807) is 0 Å². The molecule has 0 aliphatic heterocycles. The van der Waals surface area contributed by atoms with Crippen LogP contribution in [-0.2, 0) is 0 Å². The molecule has 0 amide bonds. The molecule has 2 N–H and O–H groups in total. The SMILES string of the molecule is CCC(C)Nc1ncnc(Nc2ccc(F)c(F)c2)c1[N+](=O)[O-]. The van der Waals surface area contributed by atoms with Gasteiger partial charge in [-0.3, -0.25) is 10.1 Å². The van der Waals surface area contributed by atoms with Crippen LogP contribution in [0.2, 0.25) is 0 Å². The number of aromatic nitrogens is 2. The standard InChI is InChI=1S/C14H15F2N5O2/c1-3-8(2)19-13-12(21(22)23)14(18-7-17-13)20-9-4-5-10(15)11(16)6-9/h4-8H,3H2,1-2H3,(H2,17,18,19,20). The van der Waals surface area contributed by atoms with E-state index in [9.17, 15) is 18.9 Å². The van der Waals surface area contributed by atoms with E-state index in [4.69, 9.17) is 0 Å². The first-order valence-electron chi connectivity index (χ1n) is 6.90. The molecule has 0 radical (unpaired) electrons. The Morgan fingerprint density at radius 1 is 1.26 bits per heavy atom. The first-order chi connectivity index (χ1) is 10.9. The quantitative estimate of drug-likeness (QED) is 0.623. The van der Waals surface area contributed by atoms with Gasteiger partial charge in [0.2, 0.25) is 11.6 Å². The number of rotatable bonds is 6. The van der Waals surface area contributed by atoms with Crippen LogP contribution in [0.5, 0.6) is 0 Å². The topological polar surface area (TPSA) is 93.0 Å². The third-order valence-corrected chi connectivity index (χ3v) is 3.18. The average Bonchev–Trinajstić information content (AvgIpc) is 2.50. The molecular formula is C14H15F2N5O2. The summed E-state index contributed by atoms with van der Waals surface area (Å²) in [5, 5.41) is 16.9. The summed E-state index contributed by atoms with van der Waals surface area (Å²) in [4.78, 5) is 18.4. The number of nitrogens with zero attached hydrogens (tertiary/aromatic N) is 3. The molecule has 0 saturated carbocycles. The zero-order valence-corrected chi connectivity index (χ0v) is 12.5. The van der Waals surface area contributed by atoms with Gasteiger partial charge in [0, 0.05) is 17.8 Å². The number of hydrogen-bond donors (Lipinski definition) is 2. The van der Waals surface area contributed by atoms with Gasteiger partial charge < -0.3 is 10.6 Å². The minimum absolute atomic E-state index is 0.0280. The first kappa shape index (κ1) is 16.5. The highest BCUT2D eigenvalue weighted by Crippen LogP contribution is 2.31. The minimum Gasteiger partial charge on any atom is -0.362 e. The van der Waals surface area contributed by atoms with Crippen LogP contribution in [0, 0.1) is 21.7 Å². The highest BCUT2D eigenvalue weighted by atomic mass is 19.2. The lowest BCUT2D eigenvalue weighted by Crippen LogP contribution is -2.16. The predicted octanol–water partition coefficient (Wildman–Crippen LogP) is 3.62. The van der Waals surface area contributed by atoms with Crippen molar-refractivity contribution in [2.24, 2.45) is 0 Å². The molecule has 0 spiro atoms. The van der Waals surface area contributed by atoms with Crippen molar-refractivity contribution < 1.29 is 13.7 Å². The smallest absolute Gasteiger partial charge is 0.353 e. The van der Waals surface area contributed by atoms with Crippen molar-refractivity contribution >= 4 is 23.0 Å². The third kappa shape index (κ3) is 3.87. The van der Waals surface area contributed by atoms with E-state index in [0.717, 1.165) is 24.9 Å². The first-order valence-corrected chi connectivity index (χ1v) is 6.90. The Morgan fingerprint density at radius 3 is 2.57 bits per heavy atom. The third-order valence-electron chi connectivity index (χ3n) is 3.18. The van der Waals surface area contributed by atoms with E-state index in [2.05, 4.69) is 20.6 Å². The van der Waals surface area contributed by atoms with Crippen molar-refractivity contribution in [1.82, 2.24) is 9.97 Å². The summed E-state index contributed by atoms with van der Waals surface area (Å²) in [6.07, 6.45) is 1.90. The lowest BCUT2D eigenvalue weighted by Gasteiger charge is -2.13. The van der Waals surface area contributed by atoms with E-state index in [1.807, 2.05) is 13.8 Å². The van der Waals surface area contributed by atoms with Gasteiger partial charge in [-0.15, -0.1) is 0 Å². The molecule has 0 saturated heterocycles. The van der Waals surface area contributed by atoms with Gasteiger partial charge >= 0.3 is 5.69 Å². The summed E-state index contributed by atoms with van der Waals surface area (Å²) < 4.78 is 26.2. The van der Waals surface area contributed by atoms with E-state index in [1.165, 1.54) is 6.07 Å². The maximum atomic E-state index is 13.2. The number of hydrogen-bond acceptors (Lipinski definition) is 6. The lowest BCUT2D eigenvalue weighted by molar-refractivity contribution is -0.383. The molecule has 1 unspecified atom stereocenters. The van der Waals surface area contributed by atoms with E-state index < -0.39 is 16.6 Å². The van der Waals surface area contributed by atoms with Crippen LogP contribution in [-0.4, -0.2) is 20.9 Å². The van der Waals surface area contributed by atoms with Crippen molar-refractivity contribution in [3.05, 3.63) is 46.3 Å². The number of benzene rings is 1. The summed E-state index contributed by atoms with van der Waals surface area (Å²) in [6, 6.07) is 3.04. The van der Waals surface area contributed by atoms with Gasteiger partial charge in [0.25, 0.3) is 0 Å². The van der Waals surface area contributed by atoms with Crippen LogP contribution in [0.1, 0.15) is 20.3 Å². The molecule has 2 aromatic rings. The van der Waals surface area contributed by atoms with Gasteiger partial charge in [0.1, 0.15) is 6.33 Å². The van der Waals surface area contributed by atoms with Crippen LogP contribution >= 0.6 is 0 Å². The number of halogens is 2. The van der Waals surface area contributed by atoms with Crippen molar-refractivity contribution in [1.29, 1.82) is 0 Å². The normalized spacial score (nSPS) is 11.8. The van der Waals surface area contributed by atoms with Crippen molar-refractivity contribution in [3.8, 4) is 0 Å². The minimum atomic E-state index is -1.07. The van der Waals surface area contributed by atoms with Crippen molar-refractivity contribution in [3.63, 3.8) is 0 Å². The Kier molecular flexibility index (Phi) is 4.99. The molecular weight excluding hydrogens is 308 g/mol. The fourth-order valence-electron chi connectivity index (χ4n) is 1.79. The van der Waals surface area contributed by atoms with Crippen LogP contribution < -0.4 is 10.6 Å². The predicted molar refractivity (Wildman–Crippen MR) is 81.7 cm³/mol. The van der Waals surface area contributed by atoms with Crippen LogP contribution in [0.15, 0.2) is 24.5 Å². The highest BCUT2D eigenvalue weighted by molar-refractivity contribution is 5.73. The second-order valence-corrected chi connectivity index (χ2v) is 4.88. The molecule has 1 heterocycles. The molecule has 0 aliphatic carbocycles. The Labute approximate surface area is 130 Å². The zero-order valence-electron chi connectivity index (χ0n) is 12.5. The van der Waals surface area contributed by atoms with E-state index >= 15 is 0 Å². The summed E-state index contributed by atoms with van der Waals surface area (Å²) in [5.41, 5.74) is -0.224. The molecule has 2 rings (SSSR count). The van der Waals surface area contributed by atoms with Crippen LogP contribution in [0.3, 0.4) is 0 Å². The molecule has 1 atom stereocenters. The largest absolute Gasteiger partial charge is 0.362 e. The van der Waals surface area contributed by atoms with Gasteiger partial charge in [-0.2, -0.15) is 0 Å². The molecule has 1 aromatic carbocycles. The average molecular weight is 323 g/mol. The Morgan fingerprint density at radius 2 is 1.96 bits per heavy atom. The second-order valence-electron chi connectivity index (χ2n) is 4.88. The number of nitro groups is 1. The van der Waals surface area contributed by atoms with Crippen molar-refractivity contribution in [2.45, 2.75) is 26.3 Å². The van der Waals surface area contributed by atoms with Gasteiger partial charge in [-0.25, -0.2) is 18.7 Å². The lowest BCUT2D eigenvalue weighted by atomic mass is 10.2. The second kappa shape index (κ2) is 6.95. The van der Waals surface area contributed by atoms with Crippen molar-refractivity contribution in [2.75, 3.05) is 10.6 Å². The van der Waals surface area contributed by atoms with Crippen LogP contribution in [0.4, 0.5) is 31.8 Å². The molecule has 9 heteroatoms. The number of nitrogens with one attached hydrogen (secondary N) is 2. The number of anilines is 3. The Hall–Kier alpha value is -2.84. The van der Waals surface area contributed by atoms with Gasteiger partial charge in [-0.1, -0.05) is 6.92 Å². The molecule has 23 heavy (non-hydrogen) atoms. The molecule has 0 fully saturated rings. The summed E-state index contributed by atoms with van der Waals surface area (Å²) >= 11 is 0. The Balaban J connectivity index is 2.39. The van der Waals surface area contributed by atoms with E-state index in [-0.39, 0.29) is 29.1 Å².